The van der Waals surface area contributed by atoms with Crippen LogP contribution in [-0.4, -0.2) is 50.1 Å². The zero-order chi connectivity index (χ0) is 12.7. The molecule has 0 aliphatic carbocycles. The van der Waals surface area contributed by atoms with Gasteiger partial charge in [-0.3, -0.25) is 4.79 Å². The minimum Gasteiger partial charge on any atom is -0.467 e. The molecule has 0 rings (SSSR count). The number of likely N-dealkylation sites (N-methyl/N-ethyl adjacent to an activating group) is 1. The van der Waals surface area contributed by atoms with Crippen LogP contribution in [0.25, 0.3) is 0 Å². The van der Waals surface area contributed by atoms with Crippen molar-refractivity contribution < 1.29 is 14.3 Å². The number of ether oxygens (including phenoxy) is 1. The number of carbonyl (C=O) groups is 2. The number of esters is 1. The molecule has 1 amide bonds. The highest BCUT2D eigenvalue weighted by Crippen LogP contribution is 1.98. The molecule has 0 heterocycles. The summed E-state index contributed by atoms with van der Waals surface area (Å²) >= 11 is 0. The molecule has 0 aliphatic rings. The first-order chi connectivity index (χ1) is 7.36. The second-order valence-electron chi connectivity index (χ2n) is 4.39. The Kier molecular flexibility index (Phi) is 6.72. The number of amides is 1. The van der Waals surface area contributed by atoms with E-state index in [0.717, 1.165) is 6.54 Å². The fourth-order valence-corrected chi connectivity index (χ4v) is 1.58. The molecule has 94 valence electrons. The summed E-state index contributed by atoms with van der Waals surface area (Å²) < 4.78 is 4.64. The zero-order valence-corrected chi connectivity index (χ0v) is 10.7. The predicted octanol–water partition coefficient (Wildman–Crippen LogP) is 0.252. The smallest absolute Gasteiger partial charge is 0.329 e. The van der Waals surface area contributed by atoms with Gasteiger partial charge in [0.1, 0.15) is 6.04 Å². The van der Waals surface area contributed by atoms with Crippen molar-refractivity contribution in [1.82, 2.24) is 10.2 Å². The summed E-state index contributed by atoms with van der Waals surface area (Å²) in [4.78, 5) is 24.3. The van der Waals surface area contributed by atoms with E-state index in [4.69, 9.17) is 0 Å². The third kappa shape index (κ3) is 6.40. The van der Waals surface area contributed by atoms with Gasteiger partial charge in [-0.2, -0.15) is 0 Å². The normalized spacial score (nSPS) is 12.7. The van der Waals surface area contributed by atoms with E-state index in [2.05, 4.69) is 23.9 Å². The topological polar surface area (TPSA) is 58.6 Å². The second kappa shape index (κ2) is 7.22. The Morgan fingerprint density at radius 2 is 1.88 bits per heavy atom. The summed E-state index contributed by atoms with van der Waals surface area (Å²) in [6.45, 7) is 6.92. The highest BCUT2D eigenvalue weighted by Gasteiger charge is 2.21. The summed E-state index contributed by atoms with van der Waals surface area (Å²) in [7, 11) is 3.23. The van der Waals surface area contributed by atoms with E-state index in [1.165, 1.54) is 14.0 Å². The maximum absolute atomic E-state index is 11.4. The van der Waals surface area contributed by atoms with Crippen LogP contribution in [0.15, 0.2) is 0 Å². The molecule has 0 spiro atoms. The molecular weight excluding hydrogens is 208 g/mol. The number of nitrogens with zero attached hydrogens (tertiary/aromatic N) is 1. The van der Waals surface area contributed by atoms with Crippen LogP contribution in [0.3, 0.4) is 0 Å². The molecule has 0 saturated carbocycles. The zero-order valence-electron chi connectivity index (χ0n) is 10.7. The highest BCUT2D eigenvalue weighted by atomic mass is 16.5. The van der Waals surface area contributed by atoms with Crippen molar-refractivity contribution in [1.29, 1.82) is 0 Å². The van der Waals surface area contributed by atoms with Crippen LogP contribution in [-0.2, 0) is 14.3 Å². The summed E-state index contributed by atoms with van der Waals surface area (Å²) in [6.07, 6.45) is 0. The third-order valence-electron chi connectivity index (χ3n) is 2.03. The van der Waals surface area contributed by atoms with Crippen LogP contribution in [0.1, 0.15) is 20.8 Å². The SMILES string of the molecule is COC(=O)C(CN(C)CC(C)C)NC(C)=O. The highest BCUT2D eigenvalue weighted by molar-refractivity contribution is 5.83. The Morgan fingerprint density at radius 1 is 1.31 bits per heavy atom. The lowest BCUT2D eigenvalue weighted by Gasteiger charge is -2.24. The maximum Gasteiger partial charge on any atom is 0.329 e. The molecular formula is C11H22N2O3. The molecule has 1 N–H and O–H groups in total. The largest absolute Gasteiger partial charge is 0.467 e. The lowest BCUT2D eigenvalue weighted by atomic mass is 10.2. The van der Waals surface area contributed by atoms with Gasteiger partial charge in [0.15, 0.2) is 0 Å². The lowest BCUT2D eigenvalue weighted by molar-refractivity contribution is -0.145. The van der Waals surface area contributed by atoms with Gasteiger partial charge in [0.25, 0.3) is 0 Å². The van der Waals surface area contributed by atoms with E-state index < -0.39 is 12.0 Å². The van der Waals surface area contributed by atoms with Crippen LogP contribution in [0, 0.1) is 5.92 Å². The van der Waals surface area contributed by atoms with E-state index in [0.29, 0.717) is 12.5 Å². The van der Waals surface area contributed by atoms with Crippen molar-refractivity contribution in [2.45, 2.75) is 26.8 Å². The quantitative estimate of drug-likeness (QED) is 0.665. The van der Waals surface area contributed by atoms with E-state index in [-0.39, 0.29) is 5.91 Å². The molecule has 16 heavy (non-hydrogen) atoms. The average Bonchev–Trinajstić information content (AvgIpc) is 2.13. The first-order valence-electron chi connectivity index (χ1n) is 5.40. The van der Waals surface area contributed by atoms with E-state index in [1.54, 1.807) is 0 Å². The fourth-order valence-electron chi connectivity index (χ4n) is 1.58. The van der Waals surface area contributed by atoms with Crippen molar-refractivity contribution in [3.63, 3.8) is 0 Å². The molecule has 0 radical (unpaired) electrons. The predicted molar refractivity (Wildman–Crippen MR) is 62.0 cm³/mol. The monoisotopic (exact) mass is 230 g/mol. The number of rotatable bonds is 6. The van der Waals surface area contributed by atoms with Crippen LogP contribution >= 0.6 is 0 Å². The minimum atomic E-state index is -0.591. The van der Waals surface area contributed by atoms with Gasteiger partial charge >= 0.3 is 5.97 Å². The molecule has 5 heteroatoms. The summed E-state index contributed by atoms with van der Waals surface area (Å²) in [5.74, 6) is -0.125. The van der Waals surface area contributed by atoms with E-state index in [9.17, 15) is 9.59 Å². The Bertz CT molecular complexity index is 241. The first kappa shape index (κ1) is 14.9. The molecule has 1 unspecified atom stereocenters. The molecule has 0 aromatic heterocycles. The van der Waals surface area contributed by atoms with Gasteiger partial charge in [-0.15, -0.1) is 0 Å². The van der Waals surface area contributed by atoms with E-state index in [1.807, 2.05) is 11.9 Å². The third-order valence-corrected chi connectivity index (χ3v) is 2.03. The Balaban J connectivity index is 4.30. The standard InChI is InChI=1S/C11H22N2O3/c1-8(2)6-13(4)7-10(11(15)16-5)12-9(3)14/h8,10H,6-7H2,1-5H3,(H,12,14). The van der Waals surface area contributed by atoms with Gasteiger partial charge in [0.05, 0.1) is 7.11 Å². The minimum absolute atomic E-state index is 0.228. The average molecular weight is 230 g/mol. The molecule has 0 bridgehead atoms. The Morgan fingerprint density at radius 3 is 2.25 bits per heavy atom. The number of nitrogens with one attached hydrogen (secondary N) is 1. The van der Waals surface area contributed by atoms with Gasteiger partial charge in [-0.25, -0.2) is 4.79 Å². The van der Waals surface area contributed by atoms with Crippen molar-refractivity contribution in [2.75, 3.05) is 27.2 Å². The Labute approximate surface area is 97.1 Å². The number of carbonyl (C=O) groups excluding carboxylic acids is 2. The van der Waals surface area contributed by atoms with Gasteiger partial charge in [0, 0.05) is 20.0 Å². The van der Waals surface area contributed by atoms with Crippen LogP contribution in [0.4, 0.5) is 0 Å². The first-order valence-corrected chi connectivity index (χ1v) is 5.40. The molecule has 0 fully saturated rings. The number of hydrogen-bond acceptors (Lipinski definition) is 4. The summed E-state index contributed by atoms with van der Waals surface area (Å²) in [5.41, 5.74) is 0. The second-order valence-corrected chi connectivity index (χ2v) is 4.39. The van der Waals surface area contributed by atoms with Crippen LogP contribution in [0.5, 0.6) is 0 Å². The molecule has 5 nitrogen and oxygen atoms in total. The fraction of sp³-hybridized carbons (Fsp3) is 0.818. The van der Waals surface area contributed by atoms with Crippen LogP contribution in [0.2, 0.25) is 0 Å². The molecule has 0 aromatic carbocycles. The number of methoxy groups -OCH3 is 1. The van der Waals surface area contributed by atoms with Gasteiger partial charge < -0.3 is 15.0 Å². The Hall–Kier alpha value is -1.10. The molecule has 0 aliphatic heterocycles. The van der Waals surface area contributed by atoms with E-state index >= 15 is 0 Å². The van der Waals surface area contributed by atoms with Crippen molar-refractivity contribution in [3.8, 4) is 0 Å². The van der Waals surface area contributed by atoms with Crippen molar-refractivity contribution in [2.24, 2.45) is 5.92 Å². The van der Waals surface area contributed by atoms with Gasteiger partial charge in [0.2, 0.25) is 5.91 Å². The van der Waals surface area contributed by atoms with Crippen molar-refractivity contribution >= 4 is 11.9 Å². The molecule has 0 saturated heterocycles. The van der Waals surface area contributed by atoms with Gasteiger partial charge in [-0.1, -0.05) is 13.8 Å². The van der Waals surface area contributed by atoms with Crippen molar-refractivity contribution in [3.05, 3.63) is 0 Å². The van der Waals surface area contributed by atoms with Gasteiger partial charge in [-0.05, 0) is 13.0 Å². The lowest BCUT2D eigenvalue weighted by Crippen LogP contribution is -2.48. The number of hydrogen-bond donors (Lipinski definition) is 1. The summed E-state index contributed by atoms with van der Waals surface area (Å²) in [6, 6.07) is -0.591. The summed E-state index contributed by atoms with van der Waals surface area (Å²) in [5, 5.41) is 2.58. The van der Waals surface area contributed by atoms with Crippen LogP contribution < -0.4 is 5.32 Å². The molecule has 1 atom stereocenters. The maximum atomic E-state index is 11.4. The molecule has 0 aromatic rings.